The maximum absolute atomic E-state index is 13.7. The van der Waals surface area contributed by atoms with Crippen molar-refractivity contribution in [2.75, 3.05) is 26.0 Å². The van der Waals surface area contributed by atoms with Gasteiger partial charge in [-0.15, -0.1) is 0 Å². The van der Waals surface area contributed by atoms with E-state index in [9.17, 15) is 26.7 Å². The summed E-state index contributed by atoms with van der Waals surface area (Å²) in [5.74, 6) is -12.7. The van der Waals surface area contributed by atoms with Gasteiger partial charge in [0.15, 0.2) is 23.3 Å². The average Bonchev–Trinajstić information content (AvgIpc) is 2.57. The summed E-state index contributed by atoms with van der Waals surface area (Å²) < 4.78 is 82.9. The van der Waals surface area contributed by atoms with Crippen LogP contribution in [0.15, 0.2) is 0 Å². The van der Waals surface area contributed by atoms with E-state index >= 15 is 0 Å². The fourth-order valence-corrected chi connectivity index (χ4v) is 4.27. The fourth-order valence-electron chi connectivity index (χ4n) is 2.02. The molecule has 1 aromatic rings. The summed E-state index contributed by atoms with van der Waals surface area (Å²) in [4.78, 5) is 12.0. The lowest BCUT2D eigenvalue weighted by molar-refractivity contribution is 0.0670. The number of amides is 1. The highest BCUT2D eigenvalue weighted by Crippen LogP contribution is 2.23. The minimum atomic E-state index is -3.40. The predicted octanol–water partition coefficient (Wildman–Crippen LogP) is 2.70. The molecule has 1 N–H and O–H groups in total. The van der Waals surface area contributed by atoms with Crippen LogP contribution in [0, 0.1) is 29.1 Å². The van der Waals surface area contributed by atoms with Gasteiger partial charge < -0.3 is 18.6 Å². The molecule has 0 aliphatic rings. The van der Waals surface area contributed by atoms with Gasteiger partial charge in [-0.1, -0.05) is 0 Å². The number of rotatable bonds is 9. The largest absolute Gasteiger partial charge is 0.521 e. The Labute approximate surface area is 142 Å². The van der Waals surface area contributed by atoms with Gasteiger partial charge >= 0.3 is 8.80 Å². The van der Waals surface area contributed by atoms with Crippen LogP contribution in [0.25, 0.3) is 0 Å². The van der Waals surface area contributed by atoms with Gasteiger partial charge in [0.1, 0.15) is 5.56 Å². The molecule has 0 atom stereocenters. The smallest absolute Gasteiger partial charge is 0.373 e. The van der Waals surface area contributed by atoms with Gasteiger partial charge in [0.25, 0.3) is 5.91 Å². The first kappa shape index (κ1) is 21.5. The quantitative estimate of drug-likeness (QED) is 0.306. The van der Waals surface area contributed by atoms with Crippen LogP contribution in [-0.2, 0) is 13.3 Å². The van der Waals surface area contributed by atoms with Gasteiger partial charge in [0, 0.05) is 19.8 Å². The third-order valence-corrected chi connectivity index (χ3v) is 5.79. The third-order valence-electron chi connectivity index (χ3n) is 3.00. The molecule has 0 fully saturated rings. The Bertz CT molecular complexity index is 586. The van der Waals surface area contributed by atoms with Gasteiger partial charge in [-0.25, -0.2) is 22.0 Å². The third kappa shape index (κ3) is 4.75. The van der Waals surface area contributed by atoms with E-state index in [1.54, 1.807) is 20.8 Å². The Morgan fingerprint density at radius 1 is 0.800 bits per heavy atom. The van der Waals surface area contributed by atoms with Crippen LogP contribution in [0.4, 0.5) is 22.0 Å². The summed E-state index contributed by atoms with van der Waals surface area (Å²) in [5.41, 5.74) is -1.58. The molecular formula is C14H18F5NO4Si. The lowest BCUT2D eigenvalue weighted by atomic mass is 10.1. The number of benzene rings is 1. The van der Waals surface area contributed by atoms with Crippen molar-refractivity contribution in [2.45, 2.75) is 20.8 Å². The molecule has 0 saturated heterocycles. The van der Waals surface area contributed by atoms with E-state index in [0.717, 1.165) is 0 Å². The van der Waals surface area contributed by atoms with Gasteiger partial charge in [-0.3, -0.25) is 4.79 Å². The summed E-state index contributed by atoms with van der Waals surface area (Å²) in [5, 5.41) is 2.06. The number of halogens is 5. The maximum atomic E-state index is 13.7. The first-order valence-corrected chi connectivity index (χ1v) is 9.39. The van der Waals surface area contributed by atoms with Crippen molar-refractivity contribution in [1.29, 1.82) is 0 Å². The van der Waals surface area contributed by atoms with Crippen LogP contribution in [0.5, 0.6) is 0 Å². The van der Waals surface area contributed by atoms with Gasteiger partial charge in [0.2, 0.25) is 5.82 Å². The minimum absolute atomic E-state index is 0.171. The molecule has 0 heterocycles. The summed E-state index contributed by atoms with van der Waals surface area (Å²) >= 11 is 0. The van der Waals surface area contributed by atoms with Gasteiger partial charge in [0.05, 0.1) is 6.17 Å². The van der Waals surface area contributed by atoms with Crippen molar-refractivity contribution >= 4 is 14.7 Å². The first-order chi connectivity index (χ1) is 11.7. The Balaban J connectivity index is 3.09. The molecule has 5 nitrogen and oxygen atoms in total. The number of hydrogen-bond donors (Lipinski definition) is 1. The molecular weight excluding hydrogens is 369 g/mol. The van der Waals surface area contributed by atoms with E-state index < -0.39 is 55.5 Å². The van der Waals surface area contributed by atoms with E-state index in [-0.39, 0.29) is 19.8 Å². The van der Waals surface area contributed by atoms with Gasteiger partial charge in [-0.05, 0) is 20.8 Å². The Morgan fingerprint density at radius 2 is 1.16 bits per heavy atom. The van der Waals surface area contributed by atoms with E-state index in [1.165, 1.54) is 0 Å². The molecule has 1 rings (SSSR count). The normalized spacial score (nSPS) is 11.7. The molecule has 0 spiro atoms. The molecule has 11 heteroatoms. The second kappa shape index (κ2) is 9.22. The maximum Gasteiger partial charge on any atom is 0.521 e. The predicted molar refractivity (Wildman–Crippen MR) is 79.2 cm³/mol. The number of nitrogens with one attached hydrogen (secondary N) is 1. The number of carbonyl (C=O) groups is 1. The van der Waals surface area contributed by atoms with Crippen LogP contribution >= 0.6 is 0 Å². The summed E-state index contributed by atoms with van der Waals surface area (Å²) in [6, 6.07) is 0. The van der Waals surface area contributed by atoms with E-state index in [0.29, 0.717) is 0 Å². The van der Waals surface area contributed by atoms with Crippen LogP contribution in [0.1, 0.15) is 31.1 Å². The van der Waals surface area contributed by atoms with E-state index in [1.807, 2.05) is 0 Å². The molecule has 0 aliphatic carbocycles. The number of hydrogen-bond acceptors (Lipinski definition) is 4. The Morgan fingerprint density at radius 3 is 1.52 bits per heavy atom. The lowest BCUT2D eigenvalue weighted by Crippen LogP contribution is -2.55. The topological polar surface area (TPSA) is 56.8 Å². The van der Waals surface area contributed by atoms with Crippen LogP contribution in [-0.4, -0.2) is 40.7 Å². The first-order valence-electron chi connectivity index (χ1n) is 7.46. The Hall–Kier alpha value is -1.56. The van der Waals surface area contributed by atoms with E-state index in [2.05, 4.69) is 5.32 Å². The minimum Gasteiger partial charge on any atom is -0.373 e. The van der Waals surface area contributed by atoms with E-state index in [4.69, 9.17) is 13.3 Å². The molecule has 142 valence electrons. The zero-order chi connectivity index (χ0) is 19.2. The van der Waals surface area contributed by atoms with Crippen LogP contribution in [0.3, 0.4) is 0 Å². The van der Waals surface area contributed by atoms with Crippen molar-refractivity contribution in [3.8, 4) is 0 Å². The average molecular weight is 387 g/mol. The molecule has 1 aromatic carbocycles. The SMILES string of the molecule is CCO[Si](CNC(=O)c1c(F)c(F)c(F)c(F)c1F)(OCC)OCC. The number of carbonyl (C=O) groups excluding carboxylic acids is 1. The Kier molecular flexibility index (Phi) is 7.92. The molecule has 0 saturated carbocycles. The highest BCUT2D eigenvalue weighted by Gasteiger charge is 2.42. The zero-order valence-electron chi connectivity index (χ0n) is 13.9. The summed E-state index contributed by atoms with van der Waals surface area (Å²) in [7, 11) is -3.40. The van der Waals surface area contributed by atoms with Crippen LogP contribution < -0.4 is 5.32 Å². The lowest BCUT2D eigenvalue weighted by Gasteiger charge is -2.28. The van der Waals surface area contributed by atoms with Crippen molar-refractivity contribution in [3.63, 3.8) is 0 Å². The van der Waals surface area contributed by atoms with Crippen molar-refractivity contribution in [3.05, 3.63) is 34.6 Å². The van der Waals surface area contributed by atoms with Crippen LogP contribution in [0.2, 0.25) is 0 Å². The zero-order valence-corrected chi connectivity index (χ0v) is 14.9. The summed E-state index contributed by atoms with van der Waals surface area (Å²) in [6.07, 6.45) is -0.402. The standard InChI is InChI=1S/C14H18F5NO4Si/c1-4-22-25(23-5-2,24-6-3)7-20-14(21)8-9(15)11(17)13(19)12(18)10(8)16/h4-7H2,1-3H3,(H,20,21). The second-order valence-electron chi connectivity index (χ2n) is 4.61. The van der Waals surface area contributed by atoms with Crippen molar-refractivity contribution < 1.29 is 40.0 Å². The summed E-state index contributed by atoms with van der Waals surface area (Å²) in [6.45, 7) is 5.45. The molecule has 0 aliphatic heterocycles. The molecule has 0 unspecified atom stereocenters. The fraction of sp³-hybridized carbons (Fsp3) is 0.500. The molecule has 0 bridgehead atoms. The molecule has 0 aromatic heterocycles. The van der Waals surface area contributed by atoms with Crippen molar-refractivity contribution in [2.24, 2.45) is 0 Å². The van der Waals surface area contributed by atoms with Gasteiger partial charge in [-0.2, -0.15) is 0 Å². The second-order valence-corrected chi connectivity index (χ2v) is 7.20. The highest BCUT2D eigenvalue weighted by atomic mass is 28.4. The van der Waals surface area contributed by atoms with Crippen molar-refractivity contribution in [1.82, 2.24) is 5.32 Å². The molecule has 25 heavy (non-hydrogen) atoms. The molecule has 0 radical (unpaired) electrons. The monoisotopic (exact) mass is 387 g/mol. The molecule has 1 amide bonds. The highest BCUT2D eigenvalue weighted by molar-refractivity contribution is 6.61.